The lowest BCUT2D eigenvalue weighted by Gasteiger charge is -2.36. The molecule has 0 radical (unpaired) electrons. The summed E-state index contributed by atoms with van der Waals surface area (Å²) in [7, 11) is 0. The van der Waals surface area contributed by atoms with Crippen LogP contribution < -0.4 is 5.32 Å². The molecule has 1 N–H and O–H groups in total. The van der Waals surface area contributed by atoms with Gasteiger partial charge in [-0.05, 0) is 38.8 Å². The number of aryl methyl sites for hydroxylation is 2. The predicted molar refractivity (Wildman–Crippen MR) is 98.7 cm³/mol. The highest BCUT2D eigenvalue weighted by Crippen LogP contribution is 2.19. The Morgan fingerprint density at radius 3 is 2.32 bits per heavy atom. The summed E-state index contributed by atoms with van der Waals surface area (Å²) in [4.78, 5) is 28.4. The van der Waals surface area contributed by atoms with Gasteiger partial charge in [0, 0.05) is 31.9 Å². The first-order valence-corrected chi connectivity index (χ1v) is 8.91. The molecule has 1 atom stereocenters. The number of hydrogen-bond donors (Lipinski definition) is 1. The van der Waals surface area contributed by atoms with Crippen LogP contribution in [-0.2, 0) is 14.3 Å². The van der Waals surface area contributed by atoms with Crippen LogP contribution in [0.3, 0.4) is 0 Å². The SMILES string of the molecule is CCOC(=O)C(C)N1CCN(CC(=O)Nc2c(C)cccc2C)CC1. The number of carbonyl (C=O) groups excluding carboxylic acids is 2. The lowest BCUT2D eigenvalue weighted by atomic mass is 10.1. The molecule has 6 heteroatoms. The maximum absolute atomic E-state index is 12.4. The Bertz CT molecular complexity index is 590. The van der Waals surface area contributed by atoms with E-state index in [9.17, 15) is 9.59 Å². The minimum Gasteiger partial charge on any atom is -0.465 e. The molecule has 0 aromatic heterocycles. The molecule has 6 nitrogen and oxygen atoms in total. The molecular weight excluding hydrogens is 318 g/mol. The van der Waals surface area contributed by atoms with Crippen molar-refractivity contribution in [1.82, 2.24) is 9.80 Å². The highest BCUT2D eigenvalue weighted by atomic mass is 16.5. The van der Waals surface area contributed by atoms with E-state index >= 15 is 0 Å². The summed E-state index contributed by atoms with van der Waals surface area (Å²) >= 11 is 0. The second-order valence-corrected chi connectivity index (χ2v) is 6.56. The summed E-state index contributed by atoms with van der Waals surface area (Å²) in [6.45, 7) is 11.5. The van der Waals surface area contributed by atoms with Crippen LogP contribution in [0.25, 0.3) is 0 Å². The van der Waals surface area contributed by atoms with Crippen LogP contribution in [-0.4, -0.2) is 67.0 Å². The van der Waals surface area contributed by atoms with Gasteiger partial charge in [0.15, 0.2) is 0 Å². The number of hydrogen-bond acceptors (Lipinski definition) is 5. The van der Waals surface area contributed by atoms with Crippen molar-refractivity contribution in [1.29, 1.82) is 0 Å². The fraction of sp³-hybridized carbons (Fsp3) is 0.579. The molecule has 0 bridgehead atoms. The van der Waals surface area contributed by atoms with Crippen LogP contribution in [0.5, 0.6) is 0 Å². The lowest BCUT2D eigenvalue weighted by Crippen LogP contribution is -2.53. The number of carbonyl (C=O) groups is 2. The first-order chi connectivity index (χ1) is 11.9. The topological polar surface area (TPSA) is 61.9 Å². The maximum atomic E-state index is 12.4. The van der Waals surface area contributed by atoms with Crippen LogP contribution in [0, 0.1) is 13.8 Å². The van der Waals surface area contributed by atoms with Crippen molar-refractivity contribution < 1.29 is 14.3 Å². The minimum absolute atomic E-state index is 0.00397. The van der Waals surface area contributed by atoms with Crippen molar-refractivity contribution in [3.63, 3.8) is 0 Å². The van der Waals surface area contributed by atoms with Crippen molar-refractivity contribution in [2.45, 2.75) is 33.7 Å². The van der Waals surface area contributed by atoms with Gasteiger partial charge in [-0.25, -0.2) is 0 Å². The van der Waals surface area contributed by atoms with Crippen LogP contribution in [0.15, 0.2) is 18.2 Å². The third kappa shape index (κ3) is 5.28. The van der Waals surface area contributed by atoms with Gasteiger partial charge in [0.25, 0.3) is 0 Å². The van der Waals surface area contributed by atoms with Crippen LogP contribution in [0.1, 0.15) is 25.0 Å². The number of amides is 1. The van der Waals surface area contributed by atoms with Crippen molar-refractivity contribution in [3.05, 3.63) is 29.3 Å². The molecule has 1 unspecified atom stereocenters. The monoisotopic (exact) mass is 347 g/mol. The van der Waals surface area contributed by atoms with E-state index in [0.29, 0.717) is 13.2 Å². The number of nitrogens with one attached hydrogen (secondary N) is 1. The zero-order valence-electron chi connectivity index (χ0n) is 15.7. The van der Waals surface area contributed by atoms with Gasteiger partial charge in [0.1, 0.15) is 6.04 Å². The van der Waals surface area contributed by atoms with Crippen molar-refractivity contribution in [2.24, 2.45) is 0 Å². The molecule has 138 valence electrons. The predicted octanol–water partition coefficient (Wildman–Crippen LogP) is 1.81. The second kappa shape index (κ2) is 8.97. The van der Waals surface area contributed by atoms with Crippen molar-refractivity contribution >= 4 is 17.6 Å². The standard InChI is InChI=1S/C19H29N3O3/c1-5-25-19(24)16(4)22-11-9-21(10-12-22)13-17(23)20-18-14(2)7-6-8-15(18)3/h6-8,16H,5,9-13H2,1-4H3,(H,20,23). The first-order valence-electron chi connectivity index (χ1n) is 8.91. The summed E-state index contributed by atoms with van der Waals surface area (Å²) in [6.07, 6.45) is 0. The Hall–Kier alpha value is -1.92. The van der Waals surface area contributed by atoms with Gasteiger partial charge in [-0.2, -0.15) is 0 Å². The molecule has 1 heterocycles. The van der Waals surface area contributed by atoms with Crippen LogP contribution >= 0.6 is 0 Å². The van der Waals surface area contributed by atoms with Gasteiger partial charge in [0.2, 0.25) is 5.91 Å². The molecule has 1 amide bonds. The smallest absolute Gasteiger partial charge is 0.323 e. The molecule has 0 saturated carbocycles. The second-order valence-electron chi connectivity index (χ2n) is 6.56. The molecule has 2 rings (SSSR count). The van der Waals surface area contributed by atoms with Gasteiger partial charge >= 0.3 is 5.97 Å². The van der Waals surface area contributed by atoms with E-state index < -0.39 is 0 Å². The number of rotatable bonds is 6. The van der Waals surface area contributed by atoms with Gasteiger partial charge in [-0.1, -0.05) is 18.2 Å². The molecule has 25 heavy (non-hydrogen) atoms. The minimum atomic E-state index is -0.231. The van der Waals surface area contributed by atoms with Gasteiger partial charge in [-0.15, -0.1) is 0 Å². The van der Waals surface area contributed by atoms with Gasteiger partial charge < -0.3 is 10.1 Å². The van der Waals surface area contributed by atoms with Crippen molar-refractivity contribution in [3.8, 4) is 0 Å². The molecule has 1 aliphatic rings. The van der Waals surface area contributed by atoms with Crippen LogP contribution in [0.2, 0.25) is 0 Å². The zero-order chi connectivity index (χ0) is 18.4. The highest BCUT2D eigenvalue weighted by molar-refractivity contribution is 5.93. The van der Waals surface area contributed by atoms with Crippen LogP contribution in [0.4, 0.5) is 5.69 Å². The van der Waals surface area contributed by atoms with E-state index in [1.807, 2.05) is 45.9 Å². The number of esters is 1. The summed E-state index contributed by atoms with van der Waals surface area (Å²) in [5, 5.41) is 3.03. The summed E-state index contributed by atoms with van der Waals surface area (Å²) in [5.74, 6) is -0.173. The largest absolute Gasteiger partial charge is 0.465 e. The summed E-state index contributed by atoms with van der Waals surface area (Å²) < 4.78 is 5.08. The Labute approximate surface area is 150 Å². The zero-order valence-corrected chi connectivity index (χ0v) is 15.7. The summed E-state index contributed by atoms with van der Waals surface area (Å²) in [6, 6.07) is 5.76. The summed E-state index contributed by atoms with van der Waals surface area (Å²) in [5.41, 5.74) is 3.05. The normalized spacial score (nSPS) is 17.1. The Morgan fingerprint density at radius 1 is 1.16 bits per heavy atom. The van der Waals surface area contributed by atoms with Crippen molar-refractivity contribution in [2.75, 3.05) is 44.6 Å². The molecule has 1 aromatic carbocycles. The average molecular weight is 347 g/mol. The third-order valence-corrected chi connectivity index (χ3v) is 4.70. The number of piperazine rings is 1. The van der Waals surface area contributed by atoms with Gasteiger partial charge in [-0.3, -0.25) is 19.4 Å². The number of ether oxygens (including phenoxy) is 1. The lowest BCUT2D eigenvalue weighted by molar-refractivity contribution is -0.149. The van der Waals surface area contributed by atoms with E-state index in [-0.39, 0.29) is 17.9 Å². The number of para-hydroxylation sites is 1. The average Bonchev–Trinajstić information content (AvgIpc) is 2.58. The number of benzene rings is 1. The number of nitrogens with zero attached hydrogens (tertiary/aromatic N) is 2. The highest BCUT2D eigenvalue weighted by Gasteiger charge is 2.27. The van der Waals surface area contributed by atoms with Gasteiger partial charge in [0.05, 0.1) is 13.2 Å². The Morgan fingerprint density at radius 2 is 1.76 bits per heavy atom. The molecule has 1 aliphatic heterocycles. The molecular formula is C19H29N3O3. The molecule has 1 aromatic rings. The van der Waals surface area contributed by atoms with E-state index in [0.717, 1.165) is 43.0 Å². The van der Waals surface area contributed by atoms with E-state index in [4.69, 9.17) is 4.74 Å². The molecule has 1 fully saturated rings. The fourth-order valence-corrected chi connectivity index (χ4v) is 3.11. The first kappa shape index (κ1) is 19.4. The quantitative estimate of drug-likeness (QED) is 0.795. The van der Waals surface area contributed by atoms with E-state index in [1.54, 1.807) is 0 Å². The Kier molecular flexibility index (Phi) is 6.96. The molecule has 0 spiro atoms. The third-order valence-electron chi connectivity index (χ3n) is 4.70. The Balaban J connectivity index is 1.82. The molecule has 0 aliphatic carbocycles. The van der Waals surface area contributed by atoms with E-state index in [2.05, 4.69) is 15.1 Å². The van der Waals surface area contributed by atoms with E-state index in [1.165, 1.54) is 0 Å². The maximum Gasteiger partial charge on any atom is 0.323 e. The fourth-order valence-electron chi connectivity index (χ4n) is 3.11. The molecule has 1 saturated heterocycles. The number of anilines is 1.